The molecule has 1 aromatic carbocycles. The number of hydrogen-bond donors (Lipinski definition) is 2. The molecule has 0 aliphatic carbocycles. The molecule has 1 fully saturated rings. The van der Waals surface area contributed by atoms with Gasteiger partial charge in [0.25, 0.3) is 0 Å². The van der Waals surface area contributed by atoms with E-state index in [-0.39, 0.29) is 11.8 Å². The summed E-state index contributed by atoms with van der Waals surface area (Å²) in [5.41, 5.74) is 0.236. The van der Waals surface area contributed by atoms with Gasteiger partial charge in [-0.25, -0.2) is 13.1 Å². The molecule has 1 unspecified atom stereocenters. The third kappa shape index (κ3) is 10.7. The fraction of sp³-hybridized carbons (Fsp3) is 0.682. The number of piperidine rings is 1. The Morgan fingerprint density at radius 1 is 1.12 bits per heavy atom. The first-order chi connectivity index (χ1) is 15.5. The number of nitrogens with zero attached hydrogens (tertiary/aromatic N) is 1. The Hall–Kier alpha value is -1.07. The molecule has 0 spiro atoms. The van der Waals surface area contributed by atoms with E-state index in [9.17, 15) is 26.4 Å². The summed E-state index contributed by atoms with van der Waals surface area (Å²) in [7, 11) is -4.50. The van der Waals surface area contributed by atoms with Crippen LogP contribution in [0.3, 0.4) is 0 Å². The summed E-state index contributed by atoms with van der Waals surface area (Å²) in [5, 5.41) is 3.87. The van der Waals surface area contributed by atoms with Crippen LogP contribution >= 0.6 is 23.2 Å². The van der Waals surface area contributed by atoms with Crippen LogP contribution in [0.15, 0.2) is 18.2 Å². The number of benzene rings is 1. The minimum absolute atomic E-state index is 0.0815. The molecule has 1 amide bonds. The Labute approximate surface area is 209 Å². The largest absolute Gasteiger partial charge is 0.404 e. The fourth-order valence-electron chi connectivity index (χ4n) is 3.84. The van der Waals surface area contributed by atoms with Gasteiger partial charge in [0.1, 0.15) is 0 Å². The van der Waals surface area contributed by atoms with Gasteiger partial charge in [-0.1, -0.05) is 44.0 Å². The van der Waals surface area contributed by atoms with Crippen molar-refractivity contribution in [3.63, 3.8) is 0 Å². The minimum Gasteiger partial charge on any atom is -0.352 e. The van der Waals surface area contributed by atoms with Crippen LogP contribution in [0.25, 0.3) is 0 Å². The first-order valence-electron chi connectivity index (χ1n) is 11.0. The molecule has 6 nitrogen and oxygen atoms in total. The molecule has 2 N–H and O–H groups in total. The van der Waals surface area contributed by atoms with E-state index in [0.717, 1.165) is 18.4 Å². The molecule has 1 aliphatic heterocycles. The molecule has 1 saturated heterocycles. The number of amides is 1. The van der Waals surface area contributed by atoms with Gasteiger partial charge in [0.2, 0.25) is 15.9 Å². The Morgan fingerprint density at radius 3 is 2.18 bits per heavy atom. The average Bonchev–Trinajstić information content (AvgIpc) is 2.64. The lowest BCUT2D eigenvalue weighted by molar-refractivity contribution is -0.122. The van der Waals surface area contributed by atoms with Gasteiger partial charge in [-0.05, 0) is 61.0 Å². The number of nitrogens with one attached hydrogen (secondary N) is 2. The summed E-state index contributed by atoms with van der Waals surface area (Å²) in [4.78, 5) is 14.4. The van der Waals surface area contributed by atoms with Crippen LogP contribution in [0.1, 0.15) is 45.6 Å². The lowest BCUT2D eigenvalue weighted by atomic mass is 9.86. The predicted molar refractivity (Wildman–Crippen MR) is 128 cm³/mol. The van der Waals surface area contributed by atoms with E-state index in [4.69, 9.17) is 23.2 Å². The van der Waals surface area contributed by atoms with E-state index in [1.54, 1.807) is 39.0 Å². The standard InChI is InChI=1S/C22H32Cl2F3N3O3S/c1-21(2,3)19(29-34(32,33)14-22(25,26)27)13-30-6-4-15(5-7-30)10-20(31)28-12-16-8-17(23)11-18(24)9-16/h8-9,11,15,19,29H,4-7,10,12-14H2,1-3H3,(H,28,31). The minimum atomic E-state index is -4.80. The molecule has 1 atom stereocenters. The maximum atomic E-state index is 12.6. The van der Waals surface area contributed by atoms with Crippen molar-refractivity contribution in [3.05, 3.63) is 33.8 Å². The third-order valence-corrected chi connectivity index (χ3v) is 7.54. The third-order valence-electron chi connectivity index (χ3n) is 5.75. The molecule has 1 aliphatic rings. The zero-order chi connectivity index (χ0) is 25.7. The fourth-order valence-corrected chi connectivity index (χ4v) is 5.79. The van der Waals surface area contributed by atoms with Gasteiger partial charge in [0, 0.05) is 35.6 Å². The zero-order valence-electron chi connectivity index (χ0n) is 19.5. The molecule has 0 bridgehead atoms. The second-order valence-electron chi connectivity index (χ2n) is 9.91. The summed E-state index contributed by atoms with van der Waals surface area (Å²) in [5.74, 6) is -1.80. The van der Waals surface area contributed by atoms with Gasteiger partial charge >= 0.3 is 6.18 Å². The van der Waals surface area contributed by atoms with Crippen molar-refractivity contribution < 1.29 is 26.4 Å². The summed E-state index contributed by atoms with van der Waals surface area (Å²) >= 11 is 11.9. The summed E-state index contributed by atoms with van der Waals surface area (Å²) < 4.78 is 64.1. The second kappa shape index (κ2) is 11.8. The molecule has 2 rings (SSSR count). The van der Waals surface area contributed by atoms with Crippen LogP contribution in [0, 0.1) is 11.3 Å². The van der Waals surface area contributed by atoms with E-state index >= 15 is 0 Å². The van der Waals surface area contributed by atoms with Gasteiger partial charge in [0.15, 0.2) is 5.75 Å². The average molecular weight is 546 g/mol. The highest BCUT2D eigenvalue weighted by Crippen LogP contribution is 2.26. The van der Waals surface area contributed by atoms with Crippen LogP contribution in [-0.4, -0.2) is 56.8 Å². The molecule has 0 radical (unpaired) electrons. The first-order valence-corrected chi connectivity index (χ1v) is 13.4. The number of likely N-dealkylation sites (tertiary alicyclic amines) is 1. The van der Waals surface area contributed by atoms with Crippen molar-refractivity contribution in [1.29, 1.82) is 0 Å². The van der Waals surface area contributed by atoms with Crippen molar-refractivity contribution in [2.75, 3.05) is 25.4 Å². The second-order valence-corrected chi connectivity index (χ2v) is 12.5. The van der Waals surface area contributed by atoms with Gasteiger partial charge in [0.05, 0.1) is 0 Å². The Balaban J connectivity index is 1.83. The van der Waals surface area contributed by atoms with Crippen molar-refractivity contribution in [1.82, 2.24) is 14.9 Å². The molecule has 0 aromatic heterocycles. The van der Waals surface area contributed by atoms with Crippen molar-refractivity contribution in [3.8, 4) is 0 Å². The first kappa shape index (κ1) is 29.2. The molecule has 12 heteroatoms. The van der Waals surface area contributed by atoms with Crippen LogP contribution < -0.4 is 10.0 Å². The maximum absolute atomic E-state index is 12.6. The monoisotopic (exact) mass is 545 g/mol. The predicted octanol–water partition coefficient (Wildman–Crippen LogP) is 4.61. The number of halogens is 5. The van der Waals surface area contributed by atoms with E-state index in [1.165, 1.54) is 0 Å². The number of carbonyl (C=O) groups excluding carboxylic acids is 1. The smallest absolute Gasteiger partial charge is 0.352 e. The topological polar surface area (TPSA) is 78.5 Å². The van der Waals surface area contributed by atoms with Gasteiger partial charge in [-0.2, -0.15) is 13.2 Å². The quantitative estimate of drug-likeness (QED) is 0.475. The van der Waals surface area contributed by atoms with Gasteiger partial charge < -0.3 is 10.2 Å². The van der Waals surface area contributed by atoms with Crippen molar-refractivity contribution in [2.45, 2.75) is 58.8 Å². The van der Waals surface area contributed by atoms with Crippen LogP contribution in [0.2, 0.25) is 10.0 Å². The van der Waals surface area contributed by atoms with E-state index < -0.39 is 33.4 Å². The number of sulfonamides is 1. The van der Waals surface area contributed by atoms with E-state index in [2.05, 4.69) is 10.0 Å². The molecule has 1 heterocycles. The Kier molecular flexibility index (Phi) is 10.1. The number of rotatable bonds is 9. The van der Waals surface area contributed by atoms with Gasteiger partial charge in [-0.15, -0.1) is 0 Å². The lowest BCUT2D eigenvalue weighted by Crippen LogP contribution is -2.53. The molecule has 1 aromatic rings. The molecule has 0 saturated carbocycles. The van der Waals surface area contributed by atoms with Crippen molar-refractivity contribution in [2.24, 2.45) is 11.3 Å². The Bertz CT molecular complexity index is 925. The highest BCUT2D eigenvalue weighted by Gasteiger charge is 2.38. The van der Waals surface area contributed by atoms with Crippen LogP contribution in [-0.2, 0) is 21.4 Å². The molecular formula is C22H32Cl2F3N3O3S. The Morgan fingerprint density at radius 2 is 1.68 bits per heavy atom. The maximum Gasteiger partial charge on any atom is 0.404 e. The normalized spacial score (nSPS) is 17.5. The SMILES string of the molecule is CC(C)(C)C(CN1CCC(CC(=O)NCc2cc(Cl)cc(Cl)c2)CC1)NS(=O)(=O)CC(F)(F)F. The van der Waals surface area contributed by atoms with E-state index in [1.807, 2.05) is 4.90 Å². The summed E-state index contributed by atoms with van der Waals surface area (Å²) in [6, 6.07) is 4.42. The number of carbonyl (C=O) groups is 1. The van der Waals surface area contributed by atoms with Gasteiger partial charge in [-0.3, -0.25) is 4.79 Å². The van der Waals surface area contributed by atoms with Crippen LogP contribution in [0.5, 0.6) is 0 Å². The molecule has 34 heavy (non-hydrogen) atoms. The summed E-state index contributed by atoms with van der Waals surface area (Å²) in [6.45, 7) is 7.26. The van der Waals surface area contributed by atoms with E-state index in [0.29, 0.717) is 42.6 Å². The summed E-state index contributed by atoms with van der Waals surface area (Å²) in [6.07, 6.45) is -2.96. The van der Waals surface area contributed by atoms with Crippen molar-refractivity contribution >= 4 is 39.1 Å². The van der Waals surface area contributed by atoms with Crippen LogP contribution in [0.4, 0.5) is 13.2 Å². The molecular weight excluding hydrogens is 514 g/mol. The zero-order valence-corrected chi connectivity index (χ0v) is 21.8. The number of alkyl halides is 3. The lowest BCUT2D eigenvalue weighted by Gasteiger charge is -2.38. The molecule has 194 valence electrons. The highest BCUT2D eigenvalue weighted by molar-refractivity contribution is 7.89. The number of hydrogen-bond acceptors (Lipinski definition) is 4. The highest BCUT2D eigenvalue weighted by atomic mass is 35.5.